The standard InChI is InChI=1S/C17H14Cl2N2O2S/c1-9-7-11(18)4-6-14(9)23-10(2)16(22)21-17-20-13-5-3-12(19)8-15(13)24-17/h3-8,10H,1-2H3,(H,20,21,22)/t10-/m0/s1. The van der Waals surface area contributed by atoms with E-state index in [9.17, 15) is 4.79 Å². The molecule has 3 aromatic rings. The van der Waals surface area contributed by atoms with Crippen LogP contribution in [0.15, 0.2) is 36.4 Å². The third kappa shape index (κ3) is 3.80. The number of thiazole rings is 1. The summed E-state index contributed by atoms with van der Waals surface area (Å²) in [5.41, 5.74) is 1.67. The summed E-state index contributed by atoms with van der Waals surface area (Å²) in [7, 11) is 0. The minimum absolute atomic E-state index is 0.269. The van der Waals surface area contributed by atoms with Gasteiger partial charge in [-0.25, -0.2) is 4.98 Å². The number of carbonyl (C=O) groups is 1. The van der Waals surface area contributed by atoms with Gasteiger partial charge in [0.25, 0.3) is 5.91 Å². The predicted octanol–water partition coefficient (Wildman–Crippen LogP) is 5.32. The van der Waals surface area contributed by atoms with Crippen molar-refractivity contribution < 1.29 is 9.53 Å². The fourth-order valence-corrected chi connectivity index (χ4v) is 3.52. The van der Waals surface area contributed by atoms with Crippen molar-refractivity contribution in [1.29, 1.82) is 0 Å². The van der Waals surface area contributed by atoms with Crippen molar-refractivity contribution in [3.63, 3.8) is 0 Å². The van der Waals surface area contributed by atoms with E-state index < -0.39 is 6.10 Å². The molecule has 0 saturated heterocycles. The van der Waals surface area contributed by atoms with Gasteiger partial charge in [-0.15, -0.1) is 0 Å². The Bertz CT molecular complexity index is 911. The summed E-state index contributed by atoms with van der Waals surface area (Å²) in [4.78, 5) is 16.7. The van der Waals surface area contributed by atoms with E-state index in [1.54, 1.807) is 31.2 Å². The highest BCUT2D eigenvalue weighted by Gasteiger charge is 2.17. The van der Waals surface area contributed by atoms with Crippen molar-refractivity contribution >= 4 is 55.8 Å². The van der Waals surface area contributed by atoms with Crippen LogP contribution in [0.5, 0.6) is 5.75 Å². The van der Waals surface area contributed by atoms with Crippen molar-refractivity contribution in [2.24, 2.45) is 0 Å². The Kier molecular flexibility index (Phi) is 4.94. The maximum Gasteiger partial charge on any atom is 0.266 e. The van der Waals surface area contributed by atoms with Crippen LogP contribution in [-0.2, 0) is 4.79 Å². The van der Waals surface area contributed by atoms with Gasteiger partial charge >= 0.3 is 0 Å². The highest BCUT2D eigenvalue weighted by Crippen LogP contribution is 2.28. The molecule has 1 heterocycles. The Labute approximate surface area is 153 Å². The number of anilines is 1. The monoisotopic (exact) mass is 380 g/mol. The molecular formula is C17H14Cl2N2O2S. The normalized spacial score (nSPS) is 12.2. The number of amides is 1. The number of fused-ring (bicyclic) bond motifs is 1. The zero-order chi connectivity index (χ0) is 17.3. The second-order valence-electron chi connectivity index (χ2n) is 5.29. The fraction of sp³-hybridized carbons (Fsp3) is 0.176. The number of aromatic nitrogens is 1. The molecule has 0 radical (unpaired) electrons. The Morgan fingerprint density at radius 1 is 1.21 bits per heavy atom. The molecule has 1 N–H and O–H groups in total. The van der Waals surface area contributed by atoms with Gasteiger partial charge < -0.3 is 4.74 Å². The van der Waals surface area contributed by atoms with Crippen LogP contribution in [0.25, 0.3) is 10.2 Å². The van der Waals surface area contributed by atoms with Gasteiger partial charge in [0, 0.05) is 10.0 Å². The van der Waals surface area contributed by atoms with Crippen LogP contribution in [-0.4, -0.2) is 17.0 Å². The summed E-state index contributed by atoms with van der Waals surface area (Å²) in [5, 5.41) is 4.56. The van der Waals surface area contributed by atoms with Crippen LogP contribution in [0.4, 0.5) is 5.13 Å². The van der Waals surface area contributed by atoms with Crippen LogP contribution < -0.4 is 10.1 Å². The van der Waals surface area contributed by atoms with Gasteiger partial charge in [-0.1, -0.05) is 34.5 Å². The molecule has 0 unspecified atom stereocenters. The minimum atomic E-state index is -0.666. The lowest BCUT2D eigenvalue weighted by atomic mass is 10.2. The smallest absolute Gasteiger partial charge is 0.266 e. The number of halogens is 2. The summed E-state index contributed by atoms with van der Waals surface area (Å²) in [6.45, 7) is 3.57. The Balaban J connectivity index is 1.70. The highest BCUT2D eigenvalue weighted by atomic mass is 35.5. The molecule has 2 aromatic carbocycles. The van der Waals surface area contributed by atoms with Crippen LogP contribution in [0.1, 0.15) is 12.5 Å². The number of hydrogen-bond acceptors (Lipinski definition) is 4. The van der Waals surface area contributed by atoms with E-state index in [1.165, 1.54) is 11.3 Å². The van der Waals surface area contributed by atoms with E-state index in [2.05, 4.69) is 10.3 Å². The fourth-order valence-electron chi connectivity index (χ4n) is 2.15. The number of carbonyl (C=O) groups excluding carboxylic acids is 1. The molecule has 4 nitrogen and oxygen atoms in total. The summed E-state index contributed by atoms with van der Waals surface area (Å²) in [6, 6.07) is 10.7. The molecule has 3 rings (SSSR count). The van der Waals surface area contributed by atoms with Gasteiger partial charge in [0.15, 0.2) is 11.2 Å². The highest BCUT2D eigenvalue weighted by molar-refractivity contribution is 7.22. The third-order valence-electron chi connectivity index (χ3n) is 3.39. The van der Waals surface area contributed by atoms with Crippen molar-refractivity contribution in [3.8, 4) is 5.75 Å². The number of nitrogens with one attached hydrogen (secondary N) is 1. The van der Waals surface area contributed by atoms with E-state index in [0.717, 1.165) is 15.8 Å². The zero-order valence-corrected chi connectivity index (χ0v) is 15.3. The van der Waals surface area contributed by atoms with E-state index in [1.807, 2.05) is 19.1 Å². The predicted molar refractivity (Wildman–Crippen MR) is 99.5 cm³/mol. The third-order valence-corrected chi connectivity index (χ3v) is 4.79. The number of rotatable bonds is 4. The molecule has 1 amide bonds. The first-order valence-corrected chi connectivity index (χ1v) is 8.79. The number of aryl methyl sites for hydroxylation is 1. The van der Waals surface area contributed by atoms with Gasteiger partial charge in [-0.3, -0.25) is 10.1 Å². The number of nitrogens with zero attached hydrogens (tertiary/aromatic N) is 1. The maximum atomic E-state index is 12.3. The van der Waals surface area contributed by atoms with E-state index in [4.69, 9.17) is 27.9 Å². The molecule has 0 spiro atoms. The SMILES string of the molecule is Cc1cc(Cl)ccc1O[C@@H](C)C(=O)Nc1nc2ccc(Cl)cc2s1. The molecule has 124 valence electrons. The van der Waals surface area contributed by atoms with E-state index >= 15 is 0 Å². The molecule has 1 aromatic heterocycles. The molecular weight excluding hydrogens is 367 g/mol. The minimum Gasteiger partial charge on any atom is -0.481 e. The van der Waals surface area contributed by atoms with Gasteiger partial charge in [0.1, 0.15) is 5.75 Å². The van der Waals surface area contributed by atoms with Crippen LogP contribution in [0.3, 0.4) is 0 Å². The van der Waals surface area contributed by atoms with Gasteiger partial charge in [-0.2, -0.15) is 0 Å². The summed E-state index contributed by atoms with van der Waals surface area (Å²) >= 11 is 13.3. The Hall–Kier alpha value is -1.82. The second kappa shape index (κ2) is 6.97. The molecule has 0 fully saturated rings. The molecule has 0 aliphatic carbocycles. The summed E-state index contributed by atoms with van der Waals surface area (Å²) in [6.07, 6.45) is -0.666. The van der Waals surface area contributed by atoms with Crippen LogP contribution in [0.2, 0.25) is 10.0 Å². The number of benzene rings is 2. The molecule has 24 heavy (non-hydrogen) atoms. The largest absolute Gasteiger partial charge is 0.481 e. The van der Waals surface area contributed by atoms with Crippen LogP contribution in [0, 0.1) is 6.92 Å². The topological polar surface area (TPSA) is 51.2 Å². The first kappa shape index (κ1) is 17.0. The molecule has 7 heteroatoms. The number of ether oxygens (including phenoxy) is 1. The molecule has 0 aliphatic heterocycles. The quantitative estimate of drug-likeness (QED) is 0.666. The average Bonchev–Trinajstić information content (AvgIpc) is 2.91. The summed E-state index contributed by atoms with van der Waals surface area (Å²) < 4.78 is 6.63. The molecule has 0 bridgehead atoms. The summed E-state index contributed by atoms with van der Waals surface area (Å²) in [5.74, 6) is 0.354. The Morgan fingerprint density at radius 3 is 2.67 bits per heavy atom. The van der Waals surface area contributed by atoms with Crippen LogP contribution >= 0.6 is 34.5 Å². The second-order valence-corrected chi connectivity index (χ2v) is 7.19. The van der Waals surface area contributed by atoms with E-state index in [0.29, 0.717) is 20.9 Å². The lowest BCUT2D eigenvalue weighted by Crippen LogP contribution is -2.30. The van der Waals surface area contributed by atoms with Crippen molar-refractivity contribution in [2.75, 3.05) is 5.32 Å². The average molecular weight is 381 g/mol. The first-order chi connectivity index (χ1) is 11.4. The van der Waals surface area contributed by atoms with E-state index in [-0.39, 0.29) is 5.91 Å². The van der Waals surface area contributed by atoms with Crippen molar-refractivity contribution in [3.05, 3.63) is 52.0 Å². The van der Waals surface area contributed by atoms with Gasteiger partial charge in [0.05, 0.1) is 10.2 Å². The van der Waals surface area contributed by atoms with Gasteiger partial charge in [-0.05, 0) is 55.8 Å². The molecule has 1 atom stereocenters. The maximum absolute atomic E-state index is 12.3. The zero-order valence-electron chi connectivity index (χ0n) is 13.0. The molecule has 0 saturated carbocycles. The lowest BCUT2D eigenvalue weighted by Gasteiger charge is -2.15. The first-order valence-electron chi connectivity index (χ1n) is 7.22. The van der Waals surface area contributed by atoms with Gasteiger partial charge in [0.2, 0.25) is 0 Å². The van der Waals surface area contributed by atoms with Crippen molar-refractivity contribution in [2.45, 2.75) is 20.0 Å². The Morgan fingerprint density at radius 2 is 1.92 bits per heavy atom. The van der Waals surface area contributed by atoms with Crippen molar-refractivity contribution in [1.82, 2.24) is 4.98 Å². The number of hydrogen-bond donors (Lipinski definition) is 1. The lowest BCUT2D eigenvalue weighted by molar-refractivity contribution is -0.122. The molecule has 0 aliphatic rings.